The maximum absolute atomic E-state index is 12.3. The van der Waals surface area contributed by atoms with Gasteiger partial charge in [0.15, 0.2) is 0 Å². The summed E-state index contributed by atoms with van der Waals surface area (Å²) in [6.07, 6.45) is 3.53. The molecule has 1 N–H and O–H groups in total. The SMILES string of the molecule is COc1cccc(CN2C[C@@H]3[C@@H](CNC(=O)c4ccncc4)CO[C@@H]3C2)c1. The van der Waals surface area contributed by atoms with E-state index in [2.05, 4.69) is 27.3 Å². The number of aromatic nitrogens is 1. The second-order valence-corrected chi connectivity index (χ2v) is 7.29. The zero-order valence-electron chi connectivity index (χ0n) is 15.5. The van der Waals surface area contributed by atoms with Crippen molar-refractivity contribution in [2.24, 2.45) is 11.8 Å². The van der Waals surface area contributed by atoms with Crippen molar-refractivity contribution in [1.29, 1.82) is 0 Å². The zero-order valence-corrected chi connectivity index (χ0v) is 15.5. The average molecular weight is 367 g/mol. The number of nitrogens with zero attached hydrogens (tertiary/aromatic N) is 2. The van der Waals surface area contributed by atoms with E-state index in [0.717, 1.165) is 32.0 Å². The van der Waals surface area contributed by atoms with Crippen molar-refractivity contribution in [2.75, 3.05) is 33.4 Å². The van der Waals surface area contributed by atoms with Crippen LogP contribution >= 0.6 is 0 Å². The van der Waals surface area contributed by atoms with E-state index < -0.39 is 0 Å². The normalized spacial score (nSPS) is 24.6. The summed E-state index contributed by atoms with van der Waals surface area (Å²) < 4.78 is 11.3. The lowest BCUT2D eigenvalue weighted by Crippen LogP contribution is -2.34. The van der Waals surface area contributed by atoms with Crippen LogP contribution in [0.4, 0.5) is 0 Å². The molecule has 27 heavy (non-hydrogen) atoms. The number of hydrogen-bond donors (Lipinski definition) is 1. The molecule has 0 saturated carbocycles. The van der Waals surface area contributed by atoms with Crippen LogP contribution in [0.25, 0.3) is 0 Å². The summed E-state index contributed by atoms with van der Waals surface area (Å²) in [4.78, 5) is 18.6. The average Bonchev–Trinajstić information content (AvgIpc) is 3.27. The van der Waals surface area contributed by atoms with Gasteiger partial charge in [-0.3, -0.25) is 14.7 Å². The summed E-state index contributed by atoms with van der Waals surface area (Å²) >= 11 is 0. The van der Waals surface area contributed by atoms with E-state index in [4.69, 9.17) is 9.47 Å². The second kappa shape index (κ2) is 8.06. The Bertz CT molecular complexity index is 783. The molecule has 3 atom stereocenters. The standard InChI is InChI=1S/C21H25N3O3/c1-26-18-4-2-3-15(9-18)11-24-12-19-17(14-27-20(19)13-24)10-23-21(25)16-5-7-22-8-6-16/h2-9,17,19-20H,10-14H2,1H3,(H,23,25)/t17-,19+,20+/m0/s1. The fourth-order valence-corrected chi connectivity index (χ4v) is 4.08. The summed E-state index contributed by atoms with van der Waals surface area (Å²) in [6, 6.07) is 11.7. The smallest absolute Gasteiger partial charge is 0.251 e. The predicted octanol–water partition coefficient (Wildman–Crippen LogP) is 1.97. The molecule has 2 aliphatic rings. The molecule has 0 bridgehead atoms. The minimum absolute atomic E-state index is 0.0490. The van der Waals surface area contributed by atoms with Crippen molar-refractivity contribution in [1.82, 2.24) is 15.2 Å². The Labute approximate surface area is 159 Å². The first-order chi connectivity index (χ1) is 13.2. The number of amides is 1. The number of methoxy groups -OCH3 is 1. The number of benzene rings is 1. The highest BCUT2D eigenvalue weighted by Crippen LogP contribution is 2.34. The molecule has 1 amide bonds. The number of likely N-dealkylation sites (tertiary alicyclic amines) is 1. The van der Waals surface area contributed by atoms with Gasteiger partial charge in [-0.15, -0.1) is 0 Å². The molecule has 142 valence electrons. The number of fused-ring (bicyclic) bond motifs is 1. The number of carbonyl (C=O) groups is 1. The number of carbonyl (C=O) groups excluding carboxylic acids is 1. The van der Waals surface area contributed by atoms with E-state index in [9.17, 15) is 4.79 Å². The Morgan fingerprint density at radius 2 is 2.15 bits per heavy atom. The predicted molar refractivity (Wildman–Crippen MR) is 102 cm³/mol. The largest absolute Gasteiger partial charge is 0.497 e. The molecule has 4 rings (SSSR count). The fraction of sp³-hybridized carbons (Fsp3) is 0.429. The molecular weight excluding hydrogens is 342 g/mol. The van der Waals surface area contributed by atoms with Gasteiger partial charge >= 0.3 is 0 Å². The van der Waals surface area contributed by atoms with Crippen LogP contribution in [0.2, 0.25) is 0 Å². The highest BCUT2D eigenvalue weighted by Gasteiger charge is 2.43. The lowest BCUT2D eigenvalue weighted by atomic mass is 9.93. The van der Waals surface area contributed by atoms with Crippen molar-refractivity contribution in [3.8, 4) is 5.75 Å². The van der Waals surface area contributed by atoms with Crippen LogP contribution < -0.4 is 10.1 Å². The van der Waals surface area contributed by atoms with Crippen molar-refractivity contribution >= 4 is 5.91 Å². The van der Waals surface area contributed by atoms with Gasteiger partial charge in [-0.05, 0) is 29.8 Å². The van der Waals surface area contributed by atoms with Gasteiger partial charge in [0.2, 0.25) is 0 Å². The first kappa shape index (κ1) is 17.9. The second-order valence-electron chi connectivity index (χ2n) is 7.29. The van der Waals surface area contributed by atoms with Crippen molar-refractivity contribution in [2.45, 2.75) is 12.6 Å². The van der Waals surface area contributed by atoms with E-state index in [0.29, 0.717) is 23.9 Å². The Balaban J connectivity index is 1.31. The summed E-state index contributed by atoms with van der Waals surface area (Å²) in [7, 11) is 1.69. The lowest BCUT2D eigenvalue weighted by Gasteiger charge is -2.20. The molecule has 1 aromatic heterocycles. The number of rotatable bonds is 6. The third-order valence-corrected chi connectivity index (χ3v) is 5.52. The van der Waals surface area contributed by atoms with Gasteiger partial charge in [0.05, 0.1) is 19.8 Å². The van der Waals surface area contributed by atoms with Crippen molar-refractivity contribution < 1.29 is 14.3 Å². The van der Waals surface area contributed by atoms with Gasteiger partial charge in [-0.2, -0.15) is 0 Å². The summed E-state index contributed by atoms with van der Waals surface area (Å²) in [5.41, 5.74) is 1.89. The topological polar surface area (TPSA) is 63.7 Å². The van der Waals surface area contributed by atoms with Crippen molar-refractivity contribution in [3.63, 3.8) is 0 Å². The van der Waals surface area contributed by atoms with Crippen molar-refractivity contribution in [3.05, 3.63) is 59.9 Å². The van der Waals surface area contributed by atoms with Gasteiger partial charge in [0.25, 0.3) is 5.91 Å². The van der Waals surface area contributed by atoms with Crippen LogP contribution in [0, 0.1) is 11.8 Å². The van der Waals surface area contributed by atoms with Gasteiger partial charge in [0.1, 0.15) is 5.75 Å². The molecule has 2 aromatic rings. The van der Waals surface area contributed by atoms with Crippen LogP contribution in [0.1, 0.15) is 15.9 Å². The van der Waals surface area contributed by atoms with Crippen LogP contribution in [-0.2, 0) is 11.3 Å². The van der Waals surface area contributed by atoms with Gasteiger partial charge in [-0.25, -0.2) is 0 Å². The third-order valence-electron chi connectivity index (χ3n) is 5.52. The molecule has 2 fully saturated rings. The molecule has 2 saturated heterocycles. The highest BCUT2D eigenvalue weighted by molar-refractivity contribution is 5.93. The molecule has 2 aliphatic heterocycles. The quantitative estimate of drug-likeness (QED) is 0.846. The van der Waals surface area contributed by atoms with Crippen LogP contribution in [-0.4, -0.2) is 55.2 Å². The monoisotopic (exact) mass is 367 g/mol. The van der Waals surface area contributed by atoms with Crippen LogP contribution in [0.15, 0.2) is 48.8 Å². The van der Waals surface area contributed by atoms with Gasteiger partial charge in [0, 0.05) is 56.0 Å². The zero-order chi connectivity index (χ0) is 18.6. The Hall–Kier alpha value is -2.44. The molecule has 6 nitrogen and oxygen atoms in total. The van der Waals surface area contributed by atoms with E-state index in [-0.39, 0.29) is 12.0 Å². The molecule has 1 aromatic carbocycles. The minimum Gasteiger partial charge on any atom is -0.497 e. The fourth-order valence-electron chi connectivity index (χ4n) is 4.08. The molecule has 3 heterocycles. The Kier molecular flexibility index (Phi) is 5.36. The number of nitrogens with one attached hydrogen (secondary N) is 1. The summed E-state index contributed by atoms with van der Waals surface area (Å²) in [5.74, 6) is 1.66. The number of hydrogen-bond acceptors (Lipinski definition) is 5. The van der Waals surface area contributed by atoms with Gasteiger partial charge in [-0.1, -0.05) is 12.1 Å². The lowest BCUT2D eigenvalue weighted by molar-refractivity contribution is 0.0903. The summed E-state index contributed by atoms with van der Waals surface area (Å²) in [6.45, 7) is 4.20. The summed E-state index contributed by atoms with van der Waals surface area (Å²) in [5, 5.41) is 3.05. The van der Waals surface area contributed by atoms with Gasteiger partial charge < -0.3 is 14.8 Å². The molecule has 0 aliphatic carbocycles. The first-order valence-electron chi connectivity index (χ1n) is 9.38. The van der Waals surface area contributed by atoms with Crippen LogP contribution in [0.5, 0.6) is 5.75 Å². The maximum Gasteiger partial charge on any atom is 0.251 e. The number of ether oxygens (including phenoxy) is 2. The third kappa shape index (κ3) is 4.12. The van der Waals surface area contributed by atoms with Crippen LogP contribution in [0.3, 0.4) is 0 Å². The molecular formula is C21H25N3O3. The maximum atomic E-state index is 12.3. The van der Waals surface area contributed by atoms with E-state index >= 15 is 0 Å². The minimum atomic E-state index is -0.0490. The molecule has 0 unspecified atom stereocenters. The highest BCUT2D eigenvalue weighted by atomic mass is 16.5. The van der Waals surface area contributed by atoms with E-state index in [1.54, 1.807) is 31.6 Å². The molecule has 6 heteroatoms. The molecule has 0 spiro atoms. The molecule has 0 radical (unpaired) electrons. The van der Waals surface area contributed by atoms with E-state index in [1.165, 1.54) is 5.56 Å². The number of pyridine rings is 1. The Morgan fingerprint density at radius 3 is 2.96 bits per heavy atom. The van der Waals surface area contributed by atoms with E-state index in [1.807, 2.05) is 12.1 Å². The first-order valence-corrected chi connectivity index (χ1v) is 9.38. The Morgan fingerprint density at radius 1 is 1.30 bits per heavy atom.